The van der Waals surface area contributed by atoms with Crippen molar-refractivity contribution in [1.82, 2.24) is 9.62 Å². The number of piperidine rings is 1. The molecular formula is C21H26N2O6S. The first-order valence-electron chi connectivity index (χ1n) is 10.3. The van der Waals surface area contributed by atoms with Crippen molar-refractivity contribution >= 4 is 15.9 Å². The molecule has 1 aromatic heterocycles. The lowest BCUT2D eigenvalue weighted by molar-refractivity contribution is 0.0901. The Balaban J connectivity index is 1.48. The second kappa shape index (κ2) is 8.69. The van der Waals surface area contributed by atoms with Crippen molar-refractivity contribution in [2.75, 3.05) is 26.3 Å². The summed E-state index contributed by atoms with van der Waals surface area (Å²) in [6, 6.07) is 8.05. The number of nitrogens with zero attached hydrogens (tertiary/aromatic N) is 1. The van der Waals surface area contributed by atoms with Crippen molar-refractivity contribution in [2.24, 2.45) is 0 Å². The summed E-state index contributed by atoms with van der Waals surface area (Å²) in [5.41, 5.74) is 0.878. The summed E-state index contributed by atoms with van der Waals surface area (Å²) in [7, 11) is -3.71. The van der Waals surface area contributed by atoms with E-state index in [0.29, 0.717) is 44.2 Å². The minimum Gasteiger partial charge on any atom is -0.486 e. The number of furan rings is 1. The smallest absolute Gasteiger partial charge is 0.287 e. The molecule has 30 heavy (non-hydrogen) atoms. The zero-order valence-corrected chi connectivity index (χ0v) is 17.7. The minimum atomic E-state index is -3.71. The Kier molecular flexibility index (Phi) is 6.01. The number of ether oxygens (including phenoxy) is 2. The molecule has 1 unspecified atom stereocenters. The highest BCUT2D eigenvalue weighted by atomic mass is 32.2. The van der Waals surface area contributed by atoms with Crippen LogP contribution in [0, 0.1) is 0 Å². The van der Waals surface area contributed by atoms with E-state index in [0.717, 1.165) is 24.8 Å². The highest BCUT2D eigenvalue weighted by Gasteiger charge is 2.30. The molecule has 8 nitrogen and oxygen atoms in total. The van der Waals surface area contributed by atoms with Gasteiger partial charge in [0, 0.05) is 13.1 Å². The summed E-state index contributed by atoms with van der Waals surface area (Å²) in [4.78, 5) is 12.7. The van der Waals surface area contributed by atoms with Crippen LogP contribution in [-0.4, -0.2) is 44.9 Å². The Morgan fingerprint density at radius 1 is 1.07 bits per heavy atom. The summed E-state index contributed by atoms with van der Waals surface area (Å²) in [5.74, 6) is 0.850. The highest BCUT2D eigenvalue weighted by molar-refractivity contribution is 7.89. The lowest BCUT2D eigenvalue weighted by Crippen LogP contribution is -2.35. The van der Waals surface area contributed by atoms with Gasteiger partial charge in [0.2, 0.25) is 5.09 Å². The van der Waals surface area contributed by atoms with Crippen LogP contribution in [0.4, 0.5) is 0 Å². The molecule has 1 N–H and O–H groups in total. The fourth-order valence-corrected chi connectivity index (χ4v) is 5.17. The molecule has 0 spiro atoms. The number of amides is 1. The highest BCUT2D eigenvalue weighted by Crippen LogP contribution is 2.33. The zero-order chi connectivity index (χ0) is 21.1. The predicted molar refractivity (Wildman–Crippen MR) is 109 cm³/mol. The Hall–Kier alpha value is -2.52. The Morgan fingerprint density at radius 3 is 2.53 bits per heavy atom. The SMILES string of the molecule is CCC(NC(=O)c1ccc(S(=O)(=O)N2CCCCC2)o1)c1ccc2c(c1)OCCO2. The van der Waals surface area contributed by atoms with Crippen LogP contribution < -0.4 is 14.8 Å². The number of sulfonamides is 1. The molecule has 2 aliphatic heterocycles. The van der Waals surface area contributed by atoms with Crippen LogP contribution in [-0.2, 0) is 10.0 Å². The number of carbonyl (C=O) groups excluding carboxylic acids is 1. The van der Waals surface area contributed by atoms with Crippen molar-refractivity contribution in [3.8, 4) is 11.5 Å². The summed E-state index contributed by atoms with van der Waals surface area (Å²) >= 11 is 0. The quantitative estimate of drug-likeness (QED) is 0.750. The maximum Gasteiger partial charge on any atom is 0.287 e. The molecule has 0 bridgehead atoms. The van der Waals surface area contributed by atoms with E-state index in [-0.39, 0.29) is 16.9 Å². The maximum atomic E-state index is 12.7. The van der Waals surface area contributed by atoms with Crippen LogP contribution in [0.3, 0.4) is 0 Å². The van der Waals surface area contributed by atoms with Gasteiger partial charge in [0.1, 0.15) is 13.2 Å². The van der Waals surface area contributed by atoms with Gasteiger partial charge in [-0.3, -0.25) is 4.79 Å². The van der Waals surface area contributed by atoms with Crippen LogP contribution in [0.15, 0.2) is 39.8 Å². The normalized spacial score (nSPS) is 18.0. The summed E-state index contributed by atoms with van der Waals surface area (Å²) in [5, 5.41) is 2.72. The largest absolute Gasteiger partial charge is 0.486 e. The van der Waals surface area contributed by atoms with Gasteiger partial charge in [-0.2, -0.15) is 4.31 Å². The van der Waals surface area contributed by atoms with Gasteiger partial charge >= 0.3 is 0 Å². The van der Waals surface area contributed by atoms with Gasteiger partial charge < -0.3 is 19.2 Å². The summed E-state index contributed by atoms with van der Waals surface area (Å²) in [6.45, 7) is 3.91. The van der Waals surface area contributed by atoms with Crippen molar-refractivity contribution in [3.63, 3.8) is 0 Å². The molecule has 2 aromatic rings. The lowest BCUT2D eigenvalue weighted by atomic mass is 10.0. The first-order chi connectivity index (χ1) is 14.5. The molecule has 1 fully saturated rings. The van der Waals surface area contributed by atoms with Crippen LogP contribution >= 0.6 is 0 Å². The predicted octanol–water partition coefficient (Wildman–Crippen LogP) is 3.11. The van der Waals surface area contributed by atoms with E-state index in [9.17, 15) is 13.2 Å². The van der Waals surface area contributed by atoms with E-state index < -0.39 is 15.9 Å². The number of benzene rings is 1. The molecule has 1 atom stereocenters. The summed E-state index contributed by atoms with van der Waals surface area (Å²) in [6.07, 6.45) is 3.34. The van der Waals surface area contributed by atoms with Gasteiger partial charge in [0.25, 0.3) is 15.9 Å². The van der Waals surface area contributed by atoms with Gasteiger partial charge in [-0.05, 0) is 49.1 Å². The van der Waals surface area contributed by atoms with E-state index in [1.165, 1.54) is 16.4 Å². The number of carbonyl (C=O) groups is 1. The molecular weight excluding hydrogens is 408 g/mol. The van der Waals surface area contributed by atoms with E-state index in [1.807, 2.05) is 25.1 Å². The van der Waals surface area contributed by atoms with E-state index in [4.69, 9.17) is 13.9 Å². The number of nitrogens with one attached hydrogen (secondary N) is 1. The van der Waals surface area contributed by atoms with Crippen LogP contribution in [0.1, 0.15) is 54.8 Å². The number of fused-ring (bicyclic) bond motifs is 1. The third-order valence-corrected chi connectivity index (χ3v) is 7.17. The number of hydrogen-bond donors (Lipinski definition) is 1. The molecule has 4 rings (SSSR count). The average Bonchev–Trinajstić information content (AvgIpc) is 3.29. The Morgan fingerprint density at radius 2 is 1.80 bits per heavy atom. The first kappa shape index (κ1) is 20.7. The monoisotopic (exact) mass is 434 g/mol. The zero-order valence-electron chi connectivity index (χ0n) is 16.9. The van der Waals surface area contributed by atoms with Gasteiger partial charge in [-0.1, -0.05) is 19.4 Å². The molecule has 0 radical (unpaired) electrons. The number of hydrogen-bond acceptors (Lipinski definition) is 6. The fraction of sp³-hybridized carbons (Fsp3) is 0.476. The van der Waals surface area contributed by atoms with Gasteiger partial charge in [0.05, 0.1) is 6.04 Å². The van der Waals surface area contributed by atoms with Crippen LogP contribution in [0.25, 0.3) is 0 Å². The topological polar surface area (TPSA) is 98.1 Å². The van der Waals surface area contributed by atoms with E-state index >= 15 is 0 Å². The fourth-order valence-electron chi connectivity index (χ4n) is 3.74. The van der Waals surface area contributed by atoms with E-state index in [1.54, 1.807) is 0 Å². The second-order valence-electron chi connectivity index (χ2n) is 7.42. The molecule has 1 aromatic carbocycles. The van der Waals surface area contributed by atoms with E-state index in [2.05, 4.69) is 5.32 Å². The molecule has 9 heteroatoms. The van der Waals surface area contributed by atoms with Crippen LogP contribution in [0.5, 0.6) is 11.5 Å². The van der Waals surface area contributed by atoms with Crippen molar-refractivity contribution < 1.29 is 27.1 Å². The molecule has 162 valence electrons. The molecule has 2 aliphatic rings. The molecule has 0 aliphatic carbocycles. The van der Waals surface area contributed by atoms with Crippen molar-refractivity contribution in [1.29, 1.82) is 0 Å². The van der Waals surface area contributed by atoms with Gasteiger partial charge in [-0.15, -0.1) is 0 Å². The summed E-state index contributed by atoms with van der Waals surface area (Å²) < 4.78 is 43.5. The molecule has 3 heterocycles. The van der Waals surface area contributed by atoms with Crippen molar-refractivity contribution in [3.05, 3.63) is 41.7 Å². The third kappa shape index (κ3) is 4.17. The van der Waals surface area contributed by atoms with Gasteiger partial charge in [-0.25, -0.2) is 8.42 Å². The van der Waals surface area contributed by atoms with Gasteiger partial charge in [0.15, 0.2) is 17.3 Å². The third-order valence-electron chi connectivity index (χ3n) is 5.40. The lowest BCUT2D eigenvalue weighted by Gasteiger charge is -2.24. The van der Waals surface area contributed by atoms with Crippen LogP contribution in [0.2, 0.25) is 0 Å². The Bertz CT molecular complexity index is 1010. The molecule has 1 saturated heterocycles. The number of rotatable bonds is 6. The second-order valence-corrected chi connectivity index (χ2v) is 9.29. The standard InChI is InChI=1S/C21H26N2O6S/c1-2-16(15-6-7-17-19(14-15)28-13-12-27-17)22-21(24)18-8-9-20(29-18)30(25,26)23-10-4-3-5-11-23/h6-9,14,16H,2-5,10-13H2,1H3,(H,22,24). The van der Waals surface area contributed by atoms with Crippen molar-refractivity contribution in [2.45, 2.75) is 43.7 Å². The molecule has 0 saturated carbocycles. The minimum absolute atomic E-state index is 0.0263. The molecule has 1 amide bonds. The average molecular weight is 435 g/mol. The maximum absolute atomic E-state index is 12.7. The first-order valence-corrected chi connectivity index (χ1v) is 11.7. The Labute approximate surface area is 176 Å².